The molecule has 0 radical (unpaired) electrons. The number of carbonyl (C=O) groups excluding carboxylic acids is 1. The first kappa shape index (κ1) is 15.1. The molecular formula is C17H13ClN2O3. The number of methoxy groups -OCH3 is 1. The fourth-order valence-electron chi connectivity index (χ4n) is 2.25. The molecule has 0 aliphatic rings. The second-order valence-electron chi connectivity index (χ2n) is 4.71. The highest BCUT2D eigenvalue weighted by atomic mass is 35.5. The molecule has 116 valence electrons. The molecule has 6 heteroatoms. The number of nitrogens with zero attached hydrogens (tertiary/aromatic N) is 1. The van der Waals surface area contributed by atoms with E-state index in [1.54, 1.807) is 31.4 Å². The maximum atomic E-state index is 11.4. The predicted octanol–water partition coefficient (Wildman–Crippen LogP) is 4.28. The van der Waals surface area contributed by atoms with Crippen LogP contribution in [0.3, 0.4) is 0 Å². The van der Waals surface area contributed by atoms with Gasteiger partial charge in [0.05, 0.1) is 12.7 Å². The molecule has 1 amide bonds. The topological polar surface area (TPSA) is 64.4 Å². The van der Waals surface area contributed by atoms with Gasteiger partial charge in [0.15, 0.2) is 5.58 Å². The van der Waals surface area contributed by atoms with Crippen LogP contribution < -0.4 is 10.1 Å². The van der Waals surface area contributed by atoms with Crippen LogP contribution in [0.4, 0.5) is 6.01 Å². The lowest BCUT2D eigenvalue weighted by atomic mass is 10.0. The number of ether oxygens (including phenoxy) is 1. The van der Waals surface area contributed by atoms with Gasteiger partial charge in [-0.05, 0) is 35.9 Å². The molecular weight excluding hydrogens is 316 g/mol. The molecule has 5 nitrogen and oxygen atoms in total. The molecule has 23 heavy (non-hydrogen) atoms. The van der Waals surface area contributed by atoms with Gasteiger partial charge in [0.2, 0.25) is 0 Å². The van der Waals surface area contributed by atoms with Crippen LogP contribution in [0.1, 0.15) is 0 Å². The fourth-order valence-corrected chi connectivity index (χ4v) is 2.38. The van der Waals surface area contributed by atoms with Gasteiger partial charge in [-0.15, -0.1) is 0 Å². The summed E-state index contributed by atoms with van der Waals surface area (Å²) in [6, 6.07) is 11.0. The van der Waals surface area contributed by atoms with Crippen molar-refractivity contribution in [3.63, 3.8) is 0 Å². The van der Waals surface area contributed by atoms with Crippen LogP contribution in [-0.4, -0.2) is 18.0 Å². The number of benzene rings is 2. The zero-order valence-corrected chi connectivity index (χ0v) is 13.1. The summed E-state index contributed by atoms with van der Waals surface area (Å²) in [4.78, 5) is 15.8. The van der Waals surface area contributed by atoms with Crippen molar-refractivity contribution in [1.82, 2.24) is 4.98 Å². The number of anilines is 1. The Hall–Kier alpha value is -2.79. The van der Waals surface area contributed by atoms with E-state index in [1.807, 2.05) is 12.1 Å². The SMILES string of the molecule is C=CC(=O)Nc1nc2c(-c3ccc(Cl)cc3)c(OC)ccc2o1. The average Bonchev–Trinajstić information content (AvgIpc) is 2.96. The van der Waals surface area contributed by atoms with Gasteiger partial charge < -0.3 is 9.15 Å². The summed E-state index contributed by atoms with van der Waals surface area (Å²) in [6.07, 6.45) is 1.15. The van der Waals surface area contributed by atoms with Crippen molar-refractivity contribution in [2.24, 2.45) is 0 Å². The van der Waals surface area contributed by atoms with Gasteiger partial charge in [-0.1, -0.05) is 30.3 Å². The van der Waals surface area contributed by atoms with Crippen molar-refractivity contribution in [1.29, 1.82) is 0 Å². The summed E-state index contributed by atoms with van der Waals surface area (Å²) in [5.41, 5.74) is 2.78. The van der Waals surface area contributed by atoms with Crippen molar-refractivity contribution >= 4 is 34.6 Å². The van der Waals surface area contributed by atoms with Crippen LogP contribution in [0, 0.1) is 0 Å². The van der Waals surface area contributed by atoms with Crippen LogP contribution in [0.5, 0.6) is 5.75 Å². The Bertz CT molecular complexity index is 885. The summed E-state index contributed by atoms with van der Waals surface area (Å²) in [6.45, 7) is 3.40. The largest absolute Gasteiger partial charge is 0.496 e. The lowest BCUT2D eigenvalue weighted by Gasteiger charge is -2.08. The first-order valence-corrected chi connectivity index (χ1v) is 7.17. The van der Waals surface area contributed by atoms with E-state index in [2.05, 4.69) is 16.9 Å². The van der Waals surface area contributed by atoms with E-state index in [0.717, 1.165) is 17.2 Å². The van der Waals surface area contributed by atoms with Crippen molar-refractivity contribution < 1.29 is 13.9 Å². The number of rotatable bonds is 4. The molecule has 1 N–H and O–H groups in total. The average molecular weight is 329 g/mol. The van der Waals surface area contributed by atoms with Gasteiger partial charge in [0.25, 0.3) is 5.91 Å². The first-order valence-electron chi connectivity index (χ1n) is 6.79. The molecule has 0 fully saturated rings. The maximum Gasteiger partial charge on any atom is 0.302 e. The highest BCUT2D eigenvalue weighted by molar-refractivity contribution is 6.30. The van der Waals surface area contributed by atoms with Gasteiger partial charge >= 0.3 is 6.01 Å². The number of nitrogens with one attached hydrogen (secondary N) is 1. The van der Waals surface area contributed by atoms with Crippen LogP contribution in [0.15, 0.2) is 53.5 Å². The van der Waals surface area contributed by atoms with Crippen LogP contribution in [0.2, 0.25) is 5.02 Å². The lowest BCUT2D eigenvalue weighted by molar-refractivity contribution is -0.112. The predicted molar refractivity (Wildman–Crippen MR) is 89.8 cm³/mol. The molecule has 0 saturated heterocycles. The number of carbonyl (C=O) groups is 1. The number of halogens is 1. The Balaban J connectivity index is 2.18. The van der Waals surface area contributed by atoms with E-state index in [9.17, 15) is 4.79 Å². The fraction of sp³-hybridized carbons (Fsp3) is 0.0588. The normalized spacial score (nSPS) is 10.5. The third-order valence-corrected chi connectivity index (χ3v) is 3.54. The summed E-state index contributed by atoms with van der Waals surface area (Å²) in [5, 5.41) is 3.15. The third kappa shape index (κ3) is 2.91. The third-order valence-electron chi connectivity index (χ3n) is 3.29. The van der Waals surface area contributed by atoms with Crippen LogP contribution in [-0.2, 0) is 4.79 Å². The van der Waals surface area contributed by atoms with Gasteiger partial charge in [-0.2, -0.15) is 4.98 Å². The summed E-state index contributed by atoms with van der Waals surface area (Å²) in [5.74, 6) is 0.256. The minimum atomic E-state index is -0.392. The Morgan fingerprint density at radius 1 is 1.30 bits per heavy atom. The summed E-state index contributed by atoms with van der Waals surface area (Å²) < 4.78 is 11.0. The standard InChI is InChI=1S/C17H13ClN2O3/c1-3-14(21)19-17-20-16-13(23-17)9-8-12(22-2)15(16)10-4-6-11(18)7-5-10/h3-9H,1H2,2H3,(H,19,20,21). The van der Waals surface area contributed by atoms with E-state index >= 15 is 0 Å². The van der Waals surface area contributed by atoms with Crippen LogP contribution in [0.25, 0.3) is 22.2 Å². The Morgan fingerprint density at radius 3 is 2.70 bits per heavy atom. The van der Waals surface area contributed by atoms with E-state index in [0.29, 0.717) is 21.9 Å². The summed E-state index contributed by atoms with van der Waals surface area (Å²) in [7, 11) is 1.58. The van der Waals surface area contributed by atoms with Crippen molar-refractivity contribution in [3.05, 3.63) is 54.1 Å². The van der Waals surface area contributed by atoms with Crippen molar-refractivity contribution in [2.45, 2.75) is 0 Å². The van der Waals surface area contributed by atoms with Gasteiger partial charge in [0.1, 0.15) is 11.3 Å². The van der Waals surface area contributed by atoms with Crippen LogP contribution >= 0.6 is 11.6 Å². The molecule has 0 aliphatic carbocycles. The van der Waals surface area contributed by atoms with E-state index < -0.39 is 5.91 Å². The zero-order valence-electron chi connectivity index (χ0n) is 12.3. The van der Waals surface area contributed by atoms with E-state index in [4.69, 9.17) is 20.8 Å². The lowest BCUT2D eigenvalue weighted by Crippen LogP contribution is -2.07. The Labute approximate surface area is 137 Å². The molecule has 0 atom stereocenters. The van der Waals surface area contributed by atoms with Crippen molar-refractivity contribution in [2.75, 3.05) is 12.4 Å². The molecule has 0 unspecified atom stereocenters. The van der Waals surface area contributed by atoms with Gasteiger partial charge in [-0.25, -0.2) is 0 Å². The highest BCUT2D eigenvalue weighted by Crippen LogP contribution is 2.38. The number of amides is 1. The molecule has 0 aliphatic heterocycles. The number of hydrogen-bond acceptors (Lipinski definition) is 4. The minimum Gasteiger partial charge on any atom is -0.496 e. The number of oxazole rings is 1. The first-order chi connectivity index (χ1) is 11.1. The number of hydrogen-bond donors (Lipinski definition) is 1. The quantitative estimate of drug-likeness (QED) is 0.726. The van der Waals surface area contributed by atoms with E-state index in [-0.39, 0.29) is 6.01 Å². The Kier molecular flexibility index (Phi) is 4.04. The molecule has 1 aromatic heterocycles. The second-order valence-corrected chi connectivity index (χ2v) is 5.15. The molecule has 0 spiro atoms. The monoisotopic (exact) mass is 328 g/mol. The van der Waals surface area contributed by atoms with Crippen molar-refractivity contribution in [3.8, 4) is 16.9 Å². The molecule has 2 aromatic carbocycles. The molecule has 1 heterocycles. The molecule has 3 rings (SSSR count). The molecule has 0 saturated carbocycles. The maximum absolute atomic E-state index is 11.4. The zero-order chi connectivity index (χ0) is 16.4. The number of fused-ring (bicyclic) bond motifs is 1. The molecule has 0 bridgehead atoms. The van der Waals surface area contributed by atoms with Gasteiger partial charge in [0, 0.05) is 5.02 Å². The Morgan fingerprint density at radius 2 is 2.04 bits per heavy atom. The minimum absolute atomic E-state index is 0.105. The van der Waals surface area contributed by atoms with Gasteiger partial charge in [-0.3, -0.25) is 10.1 Å². The smallest absolute Gasteiger partial charge is 0.302 e. The number of aromatic nitrogens is 1. The second kappa shape index (κ2) is 6.14. The summed E-state index contributed by atoms with van der Waals surface area (Å²) >= 11 is 5.95. The van der Waals surface area contributed by atoms with E-state index in [1.165, 1.54) is 0 Å². The highest BCUT2D eigenvalue weighted by Gasteiger charge is 2.17. The molecule has 3 aromatic rings.